The standard InChI is InChI=1S/C9H10FNO2/c1-11-9-6-4-12-5-13-8(6)3-2-7(9)10/h2-3,11H,4-5H2,1H3. The predicted molar refractivity (Wildman–Crippen MR) is 46.2 cm³/mol. The van der Waals surface area contributed by atoms with Gasteiger partial charge in [-0.3, -0.25) is 0 Å². The molecule has 0 atom stereocenters. The SMILES string of the molecule is CNc1c(F)ccc2c1COCO2. The summed E-state index contributed by atoms with van der Waals surface area (Å²) < 4.78 is 23.5. The van der Waals surface area contributed by atoms with Gasteiger partial charge in [-0.1, -0.05) is 0 Å². The second kappa shape index (κ2) is 3.22. The Morgan fingerprint density at radius 3 is 3.08 bits per heavy atom. The fourth-order valence-corrected chi connectivity index (χ4v) is 1.40. The van der Waals surface area contributed by atoms with Gasteiger partial charge in [-0.05, 0) is 12.1 Å². The zero-order valence-electron chi connectivity index (χ0n) is 7.26. The molecule has 3 nitrogen and oxygen atoms in total. The van der Waals surface area contributed by atoms with E-state index >= 15 is 0 Å². The maximum atomic E-state index is 13.2. The maximum absolute atomic E-state index is 13.2. The maximum Gasteiger partial charge on any atom is 0.189 e. The minimum atomic E-state index is -0.282. The number of hydrogen-bond donors (Lipinski definition) is 1. The Balaban J connectivity index is 2.52. The highest BCUT2D eigenvalue weighted by Crippen LogP contribution is 2.31. The topological polar surface area (TPSA) is 30.5 Å². The van der Waals surface area contributed by atoms with Crippen molar-refractivity contribution in [1.82, 2.24) is 0 Å². The molecule has 0 aliphatic carbocycles. The lowest BCUT2D eigenvalue weighted by molar-refractivity contribution is -0.0161. The molecule has 1 aromatic rings. The van der Waals surface area contributed by atoms with E-state index in [1.54, 1.807) is 13.1 Å². The molecule has 0 bridgehead atoms. The summed E-state index contributed by atoms with van der Waals surface area (Å²) in [6, 6.07) is 3.00. The lowest BCUT2D eigenvalue weighted by Crippen LogP contribution is -2.13. The first kappa shape index (κ1) is 8.31. The van der Waals surface area contributed by atoms with E-state index in [9.17, 15) is 4.39 Å². The molecule has 1 aliphatic rings. The minimum absolute atomic E-state index is 0.238. The Morgan fingerprint density at radius 2 is 2.31 bits per heavy atom. The van der Waals surface area contributed by atoms with Crippen molar-refractivity contribution < 1.29 is 13.9 Å². The van der Waals surface area contributed by atoms with Gasteiger partial charge in [0, 0.05) is 12.6 Å². The van der Waals surface area contributed by atoms with Gasteiger partial charge in [-0.25, -0.2) is 4.39 Å². The van der Waals surface area contributed by atoms with Crippen LogP contribution in [-0.4, -0.2) is 13.8 Å². The van der Waals surface area contributed by atoms with Crippen molar-refractivity contribution in [1.29, 1.82) is 0 Å². The first-order chi connectivity index (χ1) is 6.33. The molecule has 0 radical (unpaired) electrons. The number of hydrogen-bond acceptors (Lipinski definition) is 3. The van der Waals surface area contributed by atoms with Crippen molar-refractivity contribution in [3.05, 3.63) is 23.5 Å². The molecule has 0 saturated carbocycles. The lowest BCUT2D eigenvalue weighted by atomic mass is 10.1. The number of nitrogens with one attached hydrogen (secondary N) is 1. The molecule has 1 aromatic carbocycles. The molecule has 2 rings (SSSR count). The summed E-state index contributed by atoms with van der Waals surface area (Å²) in [5.41, 5.74) is 1.20. The highest BCUT2D eigenvalue weighted by atomic mass is 19.1. The molecule has 70 valence electrons. The largest absolute Gasteiger partial charge is 0.467 e. The van der Waals surface area contributed by atoms with Crippen LogP contribution < -0.4 is 10.1 Å². The van der Waals surface area contributed by atoms with Gasteiger partial charge in [0.15, 0.2) is 6.79 Å². The minimum Gasteiger partial charge on any atom is -0.467 e. The van der Waals surface area contributed by atoms with Crippen LogP contribution >= 0.6 is 0 Å². The van der Waals surface area contributed by atoms with E-state index in [4.69, 9.17) is 9.47 Å². The van der Waals surface area contributed by atoms with Crippen molar-refractivity contribution in [2.75, 3.05) is 19.2 Å². The van der Waals surface area contributed by atoms with E-state index in [0.29, 0.717) is 18.0 Å². The van der Waals surface area contributed by atoms with E-state index < -0.39 is 0 Å². The first-order valence-corrected chi connectivity index (χ1v) is 4.02. The molecular formula is C9H10FNO2. The Bertz CT molecular complexity index is 328. The van der Waals surface area contributed by atoms with Gasteiger partial charge in [0.2, 0.25) is 0 Å². The number of benzene rings is 1. The van der Waals surface area contributed by atoms with Crippen molar-refractivity contribution in [2.45, 2.75) is 6.61 Å². The van der Waals surface area contributed by atoms with Crippen LogP contribution in [0.5, 0.6) is 5.75 Å². The summed E-state index contributed by atoms with van der Waals surface area (Å²) in [6.45, 7) is 0.630. The van der Waals surface area contributed by atoms with Crippen molar-refractivity contribution in [2.24, 2.45) is 0 Å². The molecular weight excluding hydrogens is 173 g/mol. The molecule has 0 amide bonds. The molecule has 0 saturated heterocycles. The van der Waals surface area contributed by atoms with Crippen molar-refractivity contribution in [3.8, 4) is 5.75 Å². The van der Waals surface area contributed by atoms with Crippen LogP contribution in [0.4, 0.5) is 10.1 Å². The lowest BCUT2D eigenvalue weighted by Gasteiger charge is -2.20. The van der Waals surface area contributed by atoms with Crippen molar-refractivity contribution >= 4 is 5.69 Å². The molecule has 13 heavy (non-hydrogen) atoms. The Morgan fingerprint density at radius 1 is 1.46 bits per heavy atom. The van der Waals surface area contributed by atoms with E-state index in [1.807, 2.05) is 0 Å². The fourth-order valence-electron chi connectivity index (χ4n) is 1.40. The number of halogens is 1. The highest BCUT2D eigenvalue weighted by Gasteiger charge is 2.16. The van der Waals surface area contributed by atoms with Crippen molar-refractivity contribution in [3.63, 3.8) is 0 Å². The zero-order chi connectivity index (χ0) is 9.26. The van der Waals surface area contributed by atoms with Gasteiger partial charge in [0.25, 0.3) is 0 Å². The highest BCUT2D eigenvalue weighted by molar-refractivity contribution is 5.58. The van der Waals surface area contributed by atoms with Crippen LogP contribution in [0.25, 0.3) is 0 Å². The van der Waals surface area contributed by atoms with Gasteiger partial charge >= 0.3 is 0 Å². The molecule has 1 aliphatic heterocycles. The monoisotopic (exact) mass is 183 g/mol. The third kappa shape index (κ3) is 1.33. The second-order valence-electron chi connectivity index (χ2n) is 2.76. The van der Waals surface area contributed by atoms with Crippen LogP contribution in [0.3, 0.4) is 0 Å². The molecule has 0 unspecified atom stereocenters. The van der Waals surface area contributed by atoms with E-state index in [1.165, 1.54) is 6.07 Å². The summed E-state index contributed by atoms with van der Waals surface area (Å²) in [4.78, 5) is 0. The number of anilines is 1. The normalized spacial score (nSPS) is 14.6. The third-order valence-electron chi connectivity index (χ3n) is 2.01. The average Bonchev–Trinajstić information content (AvgIpc) is 2.18. The van der Waals surface area contributed by atoms with Gasteiger partial charge in [-0.2, -0.15) is 0 Å². The van der Waals surface area contributed by atoms with Crippen LogP contribution in [0.15, 0.2) is 12.1 Å². The molecule has 0 aromatic heterocycles. The number of rotatable bonds is 1. The Hall–Kier alpha value is -1.29. The number of ether oxygens (including phenoxy) is 2. The first-order valence-electron chi connectivity index (χ1n) is 4.02. The summed E-state index contributed by atoms with van der Waals surface area (Å²) >= 11 is 0. The summed E-state index contributed by atoms with van der Waals surface area (Å²) in [5.74, 6) is 0.410. The van der Waals surface area contributed by atoms with E-state index in [2.05, 4.69) is 5.32 Å². The average molecular weight is 183 g/mol. The molecule has 1 heterocycles. The second-order valence-corrected chi connectivity index (χ2v) is 2.76. The summed E-state index contributed by atoms with van der Waals surface area (Å²) in [5, 5.41) is 2.79. The molecule has 0 fully saturated rings. The third-order valence-corrected chi connectivity index (χ3v) is 2.01. The molecule has 0 spiro atoms. The van der Waals surface area contributed by atoms with E-state index in [-0.39, 0.29) is 12.6 Å². The quantitative estimate of drug-likeness (QED) is 0.719. The summed E-state index contributed by atoms with van der Waals surface area (Å²) in [6.07, 6.45) is 0. The van der Waals surface area contributed by atoms with Gasteiger partial charge in [0.05, 0.1) is 12.3 Å². The smallest absolute Gasteiger partial charge is 0.189 e. The van der Waals surface area contributed by atoms with E-state index in [0.717, 1.165) is 5.56 Å². The fraction of sp³-hybridized carbons (Fsp3) is 0.333. The predicted octanol–water partition coefficient (Wildman–Crippen LogP) is 1.73. The molecule has 1 N–H and O–H groups in total. The Labute approximate surface area is 75.5 Å². The van der Waals surface area contributed by atoms with Gasteiger partial charge in [-0.15, -0.1) is 0 Å². The Kier molecular flexibility index (Phi) is 2.06. The van der Waals surface area contributed by atoms with Crippen LogP contribution in [0.1, 0.15) is 5.56 Å². The van der Waals surface area contributed by atoms with Gasteiger partial charge in [0.1, 0.15) is 11.6 Å². The van der Waals surface area contributed by atoms with Crippen LogP contribution in [-0.2, 0) is 11.3 Å². The number of fused-ring (bicyclic) bond motifs is 1. The van der Waals surface area contributed by atoms with Crippen LogP contribution in [0.2, 0.25) is 0 Å². The summed E-state index contributed by atoms with van der Waals surface area (Å²) in [7, 11) is 1.67. The zero-order valence-corrected chi connectivity index (χ0v) is 7.26. The van der Waals surface area contributed by atoms with Crippen LogP contribution in [0, 0.1) is 5.82 Å². The van der Waals surface area contributed by atoms with Gasteiger partial charge < -0.3 is 14.8 Å². The molecule has 4 heteroatoms.